The van der Waals surface area contributed by atoms with Gasteiger partial charge in [0, 0.05) is 16.1 Å². The Morgan fingerprint density at radius 1 is 1.08 bits per heavy atom. The molecule has 0 heterocycles. The van der Waals surface area contributed by atoms with Gasteiger partial charge in [-0.1, -0.05) is 15.9 Å². The van der Waals surface area contributed by atoms with Crippen molar-refractivity contribution in [1.82, 2.24) is 4.90 Å². The first-order chi connectivity index (χ1) is 11.4. The van der Waals surface area contributed by atoms with Gasteiger partial charge in [-0.2, -0.15) is 0 Å². The molecular formula is C16H18BrNO6. The standard InChI is InChI=1S/C16H18BrNO6/c1-22-13-6-5-12(17)8-11(13)4-7-14(19)18(9-15(20)23-2)10-16(21)24-3/h4-8H,9-10H2,1-3H3/b7-4+. The molecule has 0 aromatic heterocycles. The van der Waals surface area contributed by atoms with E-state index in [0.717, 1.165) is 9.37 Å². The van der Waals surface area contributed by atoms with Crippen LogP contribution in [0.1, 0.15) is 5.56 Å². The predicted molar refractivity (Wildman–Crippen MR) is 90.3 cm³/mol. The molecule has 0 N–H and O–H groups in total. The largest absolute Gasteiger partial charge is 0.496 e. The first kappa shape index (κ1) is 19.7. The van der Waals surface area contributed by atoms with Crippen LogP contribution in [0.2, 0.25) is 0 Å². The lowest BCUT2D eigenvalue weighted by Gasteiger charge is -2.18. The fourth-order valence-electron chi connectivity index (χ4n) is 1.75. The number of amides is 1. The summed E-state index contributed by atoms with van der Waals surface area (Å²) in [5, 5.41) is 0. The summed E-state index contributed by atoms with van der Waals surface area (Å²) in [6.07, 6.45) is 2.78. The molecule has 0 spiro atoms. The number of ether oxygens (including phenoxy) is 3. The monoisotopic (exact) mass is 399 g/mol. The fourth-order valence-corrected chi connectivity index (χ4v) is 2.13. The van der Waals surface area contributed by atoms with Crippen LogP contribution < -0.4 is 4.74 Å². The van der Waals surface area contributed by atoms with Gasteiger partial charge in [-0.25, -0.2) is 0 Å². The molecule has 24 heavy (non-hydrogen) atoms. The average Bonchev–Trinajstić information content (AvgIpc) is 2.58. The molecule has 0 unspecified atom stereocenters. The number of carbonyl (C=O) groups excluding carboxylic acids is 3. The van der Waals surface area contributed by atoms with E-state index in [1.165, 1.54) is 33.5 Å². The number of rotatable bonds is 7. The molecule has 1 rings (SSSR count). The molecule has 7 nitrogen and oxygen atoms in total. The fraction of sp³-hybridized carbons (Fsp3) is 0.312. The maximum atomic E-state index is 12.3. The minimum atomic E-state index is -0.638. The van der Waals surface area contributed by atoms with Gasteiger partial charge in [0.15, 0.2) is 0 Å². The van der Waals surface area contributed by atoms with Gasteiger partial charge in [-0.05, 0) is 24.3 Å². The molecule has 0 aliphatic rings. The number of methoxy groups -OCH3 is 3. The SMILES string of the molecule is COC(=O)CN(CC(=O)OC)C(=O)/C=C/c1cc(Br)ccc1OC. The molecular weight excluding hydrogens is 382 g/mol. The summed E-state index contributed by atoms with van der Waals surface area (Å²) >= 11 is 3.34. The van der Waals surface area contributed by atoms with Gasteiger partial charge in [0.25, 0.3) is 0 Å². The Hall–Kier alpha value is -2.35. The van der Waals surface area contributed by atoms with Gasteiger partial charge in [-0.15, -0.1) is 0 Å². The molecule has 0 saturated heterocycles. The van der Waals surface area contributed by atoms with E-state index in [2.05, 4.69) is 25.4 Å². The summed E-state index contributed by atoms with van der Waals surface area (Å²) in [6.45, 7) is -0.714. The Kier molecular flexibility index (Phi) is 7.97. The molecule has 1 aromatic rings. The smallest absolute Gasteiger partial charge is 0.325 e. The minimum Gasteiger partial charge on any atom is -0.496 e. The molecule has 130 valence electrons. The predicted octanol–water partition coefficient (Wildman–Crippen LogP) is 1.65. The van der Waals surface area contributed by atoms with E-state index in [-0.39, 0.29) is 13.1 Å². The molecule has 0 bridgehead atoms. The summed E-state index contributed by atoms with van der Waals surface area (Å²) in [7, 11) is 3.92. The summed E-state index contributed by atoms with van der Waals surface area (Å²) in [4.78, 5) is 36.1. The molecule has 8 heteroatoms. The van der Waals surface area contributed by atoms with Crippen LogP contribution in [0.15, 0.2) is 28.7 Å². The minimum absolute atomic E-state index is 0.357. The zero-order valence-electron chi connectivity index (χ0n) is 13.6. The molecule has 0 fully saturated rings. The normalized spacial score (nSPS) is 10.3. The highest BCUT2D eigenvalue weighted by molar-refractivity contribution is 9.10. The Morgan fingerprint density at radius 3 is 2.17 bits per heavy atom. The molecule has 0 radical (unpaired) electrons. The van der Waals surface area contributed by atoms with Crippen molar-refractivity contribution in [3.05, 3.63) is 34.3 Å². The van der Waals surface area contributed by atoms with E-state index in [1.807, 2.05) is 0 Å². The summed E-state index contributed by atoms with van der Waals surface area (Å²) in [5.74, 6) is -1.23. The third-order valence-corrected chi connectivity index (χ3v) is 3.50. The first-order valence-corrected chi connectivity index (χ1v) is 7.64. The van der Waals surface area contributed by atoms with E-state index < -0.39 is 17.8 Å². The highest BCUT2D eigenvalue weighted by Crippen LogP contribution is 2.24. The molecule has 0 aliphatic carbocycles. The molecule has 0 aliphatic heterocycles. The van der Waals surface area contributed by atoms with Gasteiger partial charge in [0.05, 0.1) is 21.3 Å². The summed E-state index contributed by atoms with van der Waals surface area (Å²) in [6, 6.07) is 5.32. The van der Waals surface area contributed by atoms with Crippen molar-refractivity contribution >= 4 is 39.9 Å². The Balaban J connectivity index is 2.95. The van der Waals surface area contributed by atoms with E-state index in [9.17, 15) is 14.4 Å². The van der Waals surface area contributed by atoms with Crippen molar-refractivity contribution in [1.29, 1.82) is 0 Å². The number of halogens is 1. The second-order valence-electron chi connectivity index (χ2n) is 4.57. The lowest BCUT2D eigenvalue weighted by molar-refractivity contribution is -0.150. The van der Waals surface area contributed by atoms with Gasteiger partial charge in [-0.3, -0.25) is 14.4 Å². The highest BCUT2D eigenvalue weighted by atomic mass is 79.9. The third kappa shape index (κ3) is 6.04. The van der Waals surface area contributed by atoms with E-state index >= 15 is 0 Å². The third-order valence-electron chi connectivity index (χ3n) is 3.00. The Bertz CT molecular complexity index is 625. The van der Waals surface area contributed by atoms with Crippen molar-refractivity contribution < 1.29 is 28.6 Å². The Labute approximate surface area is 148 Å². The maximum Gasteiger partial charge on any atom is 0.325 e. The number of nitrogens with zero attached hydrogens (tertiary/aromatic N) is 1. The lowest BCUT2D eigenvalue weighted by Crippen LogP contribution is -2.39. The van der Waals surface area contributed by atoms with Gasteiger partial charge in [0.1, 0.15) is 18.8 Å². The van der Waals surface area contributed by atoms with Crippen LogP contribution >= 0.6 is 15.9 Å². The van der Waals surface area contributed by atoms with E-state index in [4.69, 9.17) is 4.74 Å². The van der Waals surface area contributed by atoms with Crippen molar-refractivity contribution in [3.63, 3.8) is 0 Å². The number of carbonyl (C=O) groups is 3. The Morgan fingerprint density at radius 2 is 1.67 bits per heavy atom. The number of hydrogen-bond donors (Lipinski definition) is 0. The van der Waals surface area contributed by atoms with Crippen LogP contribution in [-0.2, 0) is 23.9 Å². The molecule has 1 amide bonds. The first-order valence-electron chi connectivity index (χ1n) is 6.85. The quantitative estimate of drug-likeness (QED) is 0.512. The van der Waals surface area contributed by atoms with E-state index in [1.54, 1.807) is 18.2 Å². The van der Waals surface area contributed by atoms with Gasteiger partial charge < -0.3 is 19.1 Å². The van der Waals surface area contributed by atoms with Crippen molar-refractivity contribution in [2.45, 2.75) is 0 Å². The number of esters is 2. The summed E-state index contributed by atoms with van der Waals surface area (Å²) in [5.41, 5.74) is 0.663. The van der Waals surface area contributed by atoms with Crippen LogP contribution in [0.3, 0.4) is 0 Å². The zero-order valence-corrected chi connectivity index (χ0v) is 15.2. The summed E-state index contributed by atoms with van der Waals surface area (Å²) < 4.78 is 15.1. The highest BCUT2D eigenvalue weighted by Gasteiger charge is 2.19. The van der Waals surface area contributed by atoms with Crippen LogP contribution in [-0.4, -0.2) is 57.2 Å². The van der Waals surface area contributed by atoms with Crippen LogP contribution in [0, 0.1) is 0 Å². The maximum absolute atomic E-state index is 12.3. The molecule has 0 saturated carbocycles. The zero-order chi connectivity index (χ0) is 18.1. The van der Waals surface area contributed by atoms with Gasteiger partial charge >= 0.3 is 11.9 Å². The van der Waals surface area contributed by atoms with Crippen molar-refractivity contribution in [2.24, 2.45) is 0 Å². The number of benzene rings is 1. The van der Waals surface area contributed by atoms with Gasteiger partial charge in [0.2, 0.25) is 5.91 Å². The van der Waals surface area contributed by atoms with Crippen LogP contribution in [0.5, 0.6) is 5.75 Å². The average molecular weight is 400 g/mol. The second kappa shape index (κ2) is 9.71. The molecule has 1 aromatic carbocycles. The lowest BCUT2D eigenvalue weighted by atomic mass is 10.2. The van der Waals surface area contributed by atoms with Crippen LogP contribution in [0.25, 0.3) is 6.08 Å². The van der Waals surface area contributed by atoms with Crippen molar-refractivity contribution in [3.8, 4) is 5.75 Å². The van der Waals surface area contributed by atoms with Crippen LogP contribution in [0.4, 0.5) is 0 Å². The topological polar surface area (TPSA) is 82.1 Å². The second-order valence-corrected chi connectivity index (χ2v) is 5.48. The van der Waals surface area contributed by atoms with Crippen molar-refractivity contribution in [2.75, 3.05) is 34.4 Å². The van der Waals surface area contributed by atoms with E-state index in [0.29, 0.717) is 11.3 Å². The molecule has 0 atom stereocenters. The number of hydrogen-bond acceptors (Lipinski definition) is 6.